The van der Waals surface area contributed by atoms with E-state index >= 15 is 0 Å². The van der Waals surface area contributed by atoms with Gasteiger partial charge in [0.25, 0.3) is 11.6 Å². The molecule has 12 nitrogen and oxygen atoms in total. The Balaban J connectivity index is 2.07. The number of amides is 1. The number of non-ortho nitro benzene ring substituents is 1. The van der Waals surface area contributed by atoms with Gasteiger partial charge in [-0.1, -0.05) is 6.92 Å². The summed E-state index contributed by atoms with van der Waals surface area (Å²) >= 11 is 0. The third-order valence-electron chi connectivity index (χ3n) is 5.53. The Kier molecular flexibility index (Phi) is 8.08. The number of hydrogen-bond acceptors (Lipinski definition) is 8. The second kappa shape index (κ2) is 10.7. The number of nitrogens with zero attached hydrogens (tertiary/aromatic N) is 3. The summed E-state index contributed by atoms with van der Waals surface area (Å²) in [5.41, 5.74) is -0.617. The molecule has 13 heteroatoms. The van der Waals surface area contributed by atoms with Crippen molar-refractivity contribution in [2.75, 3.05) is 0 Å². The molecule has 3 rings (SSSR count). The third-order valence-corrected chi connectivity index (χ3v) is 7.14. The largest absolute Gasteiger partial charge is 0.467 e. The zero-order valence-corrected chi connectivity index (χ0v) is 22.4. The van der Waals surface area contributed by atoms with Crippen molar-refractivity contribution < 1.29 is 27.3 Å². The van der Waals surface area contributed by atoms with Crippen molar-refractivity contribution in [1.82, 2.24) is 19.8 Å². The quantitative estimate of drug-likeness (QED) is 0.289. The average molecular weight is 534 g/mol. The van der Waals surface area contributed by atoms with Crippen LogP contribution in [0.25, 0.3) is 0 Å². The van der Waals surface area contributed by atoms with Crippen LogP contribution in [0.15, 0.2) is 45.9 Å². The van der Waals surface area contributed by atoms with E-state index < -0.39 is 43.0 Å². The Morgan fingerprint density at radius 1 is 1.30 bits per heavy atom. The molecule has 0 unspecified atom stereocenters. The Labute approximate surface area is 215 Å². The van der Waals surface area contributed by atoms with E-state index in [4.69, 9.17) is 9.15 Å². The molecular weight excluding hydrogens is 502 g/mol. The number of benzene rings is 1. The van der Waals surface area contributed by atoms with Crippen LogP contribution >= 0.6 is 0 Å². The maximum Gasteiger partial charge on any atom is 0.272 e. The van der Waals surface area contributed by atoms with E-state index in [-0.39, 0.29) is 23.9 Å². The molecule has 3 aromatic rings. The smallest absolute Gasteiger partial charge is 0.272 e. The number of rotatable bonds is 10. The Hall–Kier alpha value is -3.71. The summed E-state index contributed by atoms with van der Waals surface area (Å²) in [7, 11) is -4.18. The zero-order chi connectivity index (χ0) is 27.5. The molecule has 2 N–H and O–H groups in total. The van der Waals surface area contributed by atoms with Crippen LogP contribution in [0.2, 0.25) is 0 Å². The Morgan fingerprint density at radius 3 is 2.57 bits per heavy atom. The maximum atomic E-state index is 13.2. The van der Waals surface area contributed by atoms with Gasteiger partial charge >= 0.3 is 0 Å². The van der Waals surface area contributed by atoms with E-state index in [0.29, 0.717) is 17.7 Å². The molecule has 1 atom stereocenters. The van der Waals surface area contributed by atoms with Crippen LogP contribution in [0, 0.1) is 17.0 Å². The number of ether oxygens (including phenoxy) is 1. The summed E-state index contributed by atoms with van der Waals surface area (Å²) in [5.74, 6) is 0.0749. The van der Waals surface area contributed by atoms with Crippen molar-refractivity contribution in [2.45, 2.75) is 71.0 Å². The first-order valence-corrected chi connectivity index (χ1v) is 13.1. The molecule has 0 spiro atoms. The standard InChI is InChI=1S/C24H31N5O7S/c1-7-15(2)27-37(33,34)20-13-17(29(31)32)10-11-19(20)36-23-16(3)21(26-28(23)24(4,5)6)22(30)25-14-18-9-8-12-35-18/h8-13,15,27H,7,14H2,1-6H3,(H,25,30)/t15-/m1/s1. The number of carbonyl (C=O) groups is 1. The van der Waals surface area contributed by atoms with Crippen LogP contribution in [-0.4, -0.2) is 35.1 Å². The van der Waals surface area contributed by atoms with Gasteiger partial charge in [0.2, 0.25) is 15.9 Å². The lowest BCUT2D eigenvalue weighted by Gasteiger charge is -2.23. The summed E-state index contributed by atoms with van der Waals surface area (Å²) in [4.78, 5) is 23.2. The topological polar surface area (TPSA) is 159 Å². The Bertz CT molecular complexity index is 1390. The van der Waals surface area contributed by atoms with Gasteiger partial charge in [0.05, 0.1) is 23.3 Å². The number of sulfonamides is 1. The van der Waals surface area contributed by atoms with Gasteiger partial charge < -0.3 is 14.5 Å². The molecule has 200 valence electrons. The highest BCUT2D eigenvalue weighted by atomic mass is 32.2. The van der Waals surface area contributed by atoms with Crippen molar-refractivity contribution in [1.29, 1.82) is 0 Å². The molecule has 0 aliphatic rings. The van der Waals surface area contributed by atoms with Gasteiger partial charge in [0.15, 0.2) is 5.69 Å². The fourth-order valence-electron chi connectivity index (χ4n) is 3.36. The van der Waals surface area contributed by atoms with Crippen LogP contribution in [-0.2, 0) is 22.1 Å². The number of aromatic nitrogens is 2. The third kappa shape index (κ3) is 6.35. The first kappa shape index (κ1) is 27.9. The monoisotopic (exact) mass is 533 g/mol. The highest BCUT2D eigenvalue weighted by Gasteiger charge is 2.31. The molecule has 1 aromatic carbocycles. The zero-order valence-electron chi connectivity index (χ0n) is 21.6. The molecule has 0 bridgehead atoms. The molecule has 37 heavy (non-hydrogen) atoms. The normalized spacial score (nSPS) is 12.8. The number of hydrogen-bond donors (Lipinski definition) is 2. The SMILES string of the molecule is CC[C@@H](C)NS(=O)(=O)c1cc([N+](=O)[O-])ccc1Oc1c(C)c(C(=O)NCc2ccco2)nn1C(C)(C)C. The van der Waals surface area contributed by atoms with E-state index in [9.17, 15) is 23.3 Å². The van der Waals surface area contributed by atoms with E-state index in [0.717, 1.165) is 12.1 Å². The second-order valence-corrected chi connectivity index (χ2v) is 11.2. The minimum Gasteiger partial charge on any atom is -0.467 e. The summed E-state index contributed by atoms with van der Waals surface area (Å²) in [6.45, 7) is 10.8. The number of nitrogens with one attached hydrogen (secondary N) is 2. The van der Waals surface area contributed by atoms with Crippen LogP contribution in [0.3, 0.4) is 0 Å². The molecule has 1 amide bonds. The molecule has 0 saturated carbocycles. The molecule has 0 aliphatic carbocycles. The first-order valence-electron chi connectivity index (χ1n) is 11.6. The maximum absolute atomic E-state index is 13.2. The summed E-state index contributed by atoms with van der Waals surface area (Å²) in [6, 6.07) is 6.34. The summed E-state index contributed by atoms with van der Waals surface area (Å²) < 4.78 is 41.6. The van der Waals surface area contributed by atoms with Gasteiger partial charge in [0.1, 0.15) is 16.4 Å². The number of nitro groups is 1. The van der Waals surface area contributed by atoms with Gasteiger partial charge in [0, 0.05) is 23.7 Å². The van der Waals surface area contributed by atoms with Crippen LogP contribution < -0.4 is 14.8 Å². The molecule has 0 fully saturated rings. The Morgan fingerprint density at radius 2 is 2.00 bits per heavy atom. The van der Waals surface area contributed by atoms with Crippen molar-refractivity contribution in [3.63, 3.8) is 0 Å². The molecule has 0 aliphatic heterocycles. The van der Waals surface area contributed by atoms with Gasteiger partial charge in [-0.15, -0.1) is 0 Å². The van der Waals surface area contributed by atoms with Gasteiger partial charge in [-0.3, -0.25) is 14.9 Å². The average Bonchev–Trinajstić information content (AvgIpc) is 3.45. The van der Waals surface area contributed by atoms with Crippen LogP contribution in [0.1, 0.15) is 62.9 Å². The fraction of sp³-hybridized carbons (Fsp3) is 0.417. The highest BCUT2D eigenvalue weighted by molar-refractivity contribution is 7.89. The minimum atomic E-state index is -4.18. The number of carbonyl (C=O) groups excluding carboxylic acids is 1. The molecule has 2 aromatic heterocycles. The minimum absolute atomic E-state index is 0.0838. The molecule has 0 radical (unpaired) electrons. The van der Waals surface area contributed by atoms with Gasteiger partial charge in [-0.2, -0.15) is 5.10 Å². The van der Waals surface area contributed by atoms with Crippen molar-refractivity contribution in [3.05, 3.63) is 63.7 Å². The predicted octanol–water partition coefficient (Wildman–Crippen LogP) is 4.25. The summed E-state index contributed by atoms with van der Waals surface area (Å²) in [5, 5.41) is 18.6. The van der Waals surface area contributed by atoms with Gasteiger partial charge in [-0.25, -0.2) is 17.8 Å². The second-order valence-electron chi connectivity index (χ2n) is 9.54. The van der Waals surface area contributed by atoms with Crippen LogP contribution in [0.5, 0.6) is 11.6 Å². The fourth-order valence-corrected chi connectivity index (χ4v) is 4.83. The van der Waals surface area contributed by atoms with Gasteiger partial charge in [-0.05, 0) is 59.2 Å². The van der Waals surface area contributed by atoms with E-state index in [1.54, 1.807) is 26.0 Å². The predicted molar refractivity (Wildman–Crippen MR) is 135 cm³/mol. The lowest BCUT2D eigenvalue weighted by atomic mass is 10.1. The molecule has 0 saturated heterocycles. The van der Waals surface area contributed by atoms with E-state index in [1.807, 2.05) is 27.7 Å². The lowest BCUT2D eigenvalue weighted by molar-refractivity contribution is -0.385. The van der Waals surface area contributed by atoms with E-state index in [1.165, 1.54) is 17.0 Å². The van der Waals surface area contributed by atoms with Crippen LogP contribution in [0.4, 0.5) is 5.69 Å². The number of furan rings is 1. The first-order chi connectivity index (χ1) is 17.2. The summed E-state index contributed by atoms with van der Waals surface area (Å²) in [6.07, 6.45) is 2.01. The molecular formula is C24H31N5O7S. The van der Waals surface area contributed by atoms with Crippen molar-refractivity contribution in [2.24, 2.45) is 0 Å². The van der Waals surface area contributed by atoms with Crippen molar-refractivity contribution >= 4 is 21.6 Å². The van der Waals surface area contributed by atoms with E-state index in [2.05, 4.69) is 15.1 Å². The lowest BCUT2D eigenvalue weighted by Crippen LogP contribution is -2.32. The molecule has 2 heterocycles. The highest BCUT2D eigenvalue weighted by Crippen LogP contribution is 2.36. The number of nitro benzene ring substituents is 1. The van der Waals surface area contributed by atoms with Crippen molar-refractivity contribution in [3.8, 4) is 11.6 Å².